The van der Waals surface area contributed by atoms with Crippen LogP contribution in [0.5, 0.6) is 0 Å². The lowest BCUT2D eigenvalue weighted by Gasteiger charge is -2.24. The summed E-state index contributed by atoms with van der Waals surface area (Å²) in [6, 6.07) is -0.0607. The van der Waals surface area contributed by atoms with E-state index in [1.165, 1.54) is 0 Å². The van der Waals surface area contributed by atoms with Crippen molar-refractivity contribution in [1.29, 1.82) is 0 Å². The zero-order valence-corrected chi connectivity index (χ0v) is 10.3. The number of hydrogen-bond donors (Lipinski definition) is 2. The lowest BCUT2D eigenvalue weighted by molar-refractivity contribution is -0.128. The van der Waals surface area contributed by atoms with Crippen molar-refractivity contribution >= 4 is 11.9 Å². The second kappa shape index (κ2) is 5.18. The van der Waals surface area contributed by atoms with E-state index in [4.69, 9.17) is 0 Å². The van der Waals surface area contributed by atoms with E-state index in [-0.39, 0.29) is 11.9 Å². The highest BCUT2D eigenvalue weighted by atomic mass is 16.2. The monoisotopic (exact) mass is 227 g/mol. The molecule has 0 radical (unpaired) electrons. The van der Waals surface area contributed by atoms with Crippen LogP contribution in [0.4, 0.5) is 4.79 Å². The Labute approximate surface area is 96.6 Å². The highest BCUT2D eigenvalue weighted by Crippen LogP contribution is 2.14. The molecule has 0 bridgehead atoms. The molecule has 5 nitrogen and oxygen atoms in total. The molecule has 0 aromatic rings. The van der Waals surface area contributed by atoms with Crippen LogP contribution >= 0.6 is 0 Å². The van der Waals surface area contributed by atoms with Gasteiger partial charge >= 0.3 is 6.03 Å². The van der Waals surface area contributed by atoms with Gasteiger partial charge in [-0.3, -0.25) is 4.79 Å². The Morgan fingerprint density at radius 2 is 1.81 bits per heavy atom. The summed E-state index contributed by atoms with van der Waals surface area (Å²) in [7, 11) is 1.60. The standard InChI is InChI=1S/C11H21N3O2/c1-11(2,9(15)12-3)8-13-10(16)14-6-4-5-7-14/h4-8H2,1-3H3,(H,12,15)(H,13,16). The zero-order chi connectivity index (χ0) is 12.2. The number of carbonyl (C=O) groups excluding carboxylic acids is 2. The molecule has 0 saturated carbocycles. The highest BCUT2D eigenvalue weighted by molar-refractivity contribution is 5.83. The molecular formula is C11H21N3O2. The number of nitrogens with one attached hydrogen (secondary N) is 2. The largest absolute Gasteiger partial charge is 0.359 e. The molecule has 3 amide bonds. The maximum Gasteiger partial charge on any atom is 0.317 e. The third-order valence-corrected chi connectivity index (χ3v) is 2.92. The van der Waals surface area contributed by atoms with Crippen LogP contribution in [-0.2, 0) is 4.79 Å². The molecule has 1 heterocycles. The number of nitrogens with zero attached hydrogens (tertiary/aromatic N) is 1. The first-order chi connectivity index (χ1) is 7.47. The summed E-state index contributed by atoms with van der Waals surface area (Å²) in [5, 5.41) is 5.40. The molecular weight excluding hydrogens is 206 g/mol. The van der Waals surface area contributed by atoms with Crippen molar-refractivity contribution in [1.82, 2.24) is 15.5 Å². The topological polar surface area (TPSA) is 61.4 Å². The number of likely N-dealkylation sites (tertiary alicyclic amines) is 1. The van der Waals surface area contributed by atoms with Crippen molar-refractivity contribution in [3.8, 4) is 0 Å². The first-order valence-corrected chi connectivity index (χ1v) is 5.72. The predicted molar refractivity (Wildman–Crippen MR) is 62.1 cm³/mol. The number of carbonyl (C=O) groups is 2. The van der Waals surface area contributed by atoms with Crippen molar-refractivity contribution in [2.45, 2.75) is 26.7 Å². The maximum absolute atomic E-state index is 11.7. The first-order valence-electron chi connectivity index (χ1n) is 5.72. The minimum Gasteiger partial charge on any atom is -0.359 e. The Morgan fingerprint density at radius 3 is 2.31 bits per heavy atom. The summed E-state index contributed by atoms with van der Waals surface area (Å²) in [5.74, 6) is -0.0609. The van der Waals surface area contributed by atoms with Crippen LogP contribution in [0, 0.1) is 5.41 Å². The van der Waals surface area contributed by atoms with Gasteiger partial charge in [0.05, 0.1) is 5.41 Å². The Bertz CT molecular complexity index is 270. The summed E-state index contributed by atoms with van der Waals surface area (Å²) >= 11 is 0. The fourth-order valence-electron chi connectivity index (χ4n) is 1.75. The molecule has 2 N–H and O–H groups in total. The van der Waals surface area contributed by atoms with Crippen LogP contribution in [0.2, 0.25) is 0 Å². The van der Waals surface area contributed by atoms with Crippen LogP contribution in [0.15, 0.2) is 0 Å². The van der Waals surface area contributed by atoms with E-state index < -0.39 is 5.41 Å². The van der Waals surface area contributed by atoms with E-state index in [1.54, 1.807) is 11.9 Å². The minimum atomic E-state index is -0.565. The average Bonchev–Trinajstić information content (AvgIpc) is 2.78. The van der Waals surface area contributed by atoms with Crippen LogP contribution in [0.25, 0.3) is 0 Å². The second-order valence-corrected chi connectivity index (χ2v) is 4.82. The van der Waals surface area contributed by atoms with E-state index in [0.717, 1.165) is 25.9 Å². The smallest absolute Gasteiger partial charge is 0.317 e. The van der Waals surface area contributed by atoms with Gasteiger partial charge < -0.3 is 15.5 Å². The van der Waals surface area contributed by atoms with Crippen molar-refractivity contribution in [2.24, 2.45) is 5.41 Å². The first kappa shape index (κ1) is 12.8. The highest BCUT2D eigenvalue weighted by Gasteiger charge is 2.28. The summed E-state index contributed by atoms with van der Waals surface area (Å²) in [6.45, 7) is 5.65. The normalized spacial score (nSPS) is 16.1. The SMILES string of the molecule is CNC(=O)C(C)(C)CNC(=O)N1CCCC1. The van der Waals surface area contributed by atoms with Crippen molar-refractivity contribution in [3.05, 3.63) is 0 Å². The molecule has 5 heteroatoms. The van der Waals surface area contributed by atoms with E-state index in [1.807, 2.05) is 13.8 Å². The number of hydrogen-bond acceptors (Lipinski definition) is 2. The Morgan fingerprint density at radius 1 is 1.25 bits per heavy atom. The second-order valence-electron chi connectivity index (χ2n) is 4.82. The van der Waals surface area contributed by atoms with Gasteiger partial charge in [0.1, 0.15) is 0 Å². The van der Waals surface area contributed by atoms with Gasteiger partial charge in [-0.05, 0) is 26.7 Å². The molecule has 0 aliphatic carbocycles. The fraction of sp³-hybridized carbons (Fsp3) is 0.818. The van der Waals surface area contributed by atoms with Gasteiger partial charge in [-0.1, -0.05) is 0 Å². The molecule has 0 aromatic carbocycles. The lowest BCUT2D eigenvalue weighted by atomic mass is 9.92. The van der Waals surface area contributed by atoms with Gasteiger partial charge in [-0.2, -0.15) is 0 Å². The van der Waals surface area contributed by atoms with Crippen LogP contribution in [0.1, 0.15) is 26.7 Å². The average molecular weight is 227 g/mol. The Balaban J connectivity index is 2.38. The van der Waals surface area contributed by atoms with Gasteiger partial charge in [0.25, 0.3) is 0 Å². The molecule has 16 heavy (non-hydrogen) atoms. The molecule has 1 saturated heterocycles. The molecule has 1 aliphatic rings. The third kappa shape index (κ3) is 3.12. The molecule has 1 rings (SSSR count). The van der Waals surface area contributed by atoms with Crippen molar-refractivity contribution in [2.75, 3.05) is 26.7 Å². The predicted octanol–water partition coefficient (Wildman–Crippen LogP) is 0.564. The molecule has 92 valence electrons. The van der Waals surface area contributed by atoms with Crippen LogP contribution < -0.4 is 10.6 Å². The van der Waals surface area contributed by atoms with Gasteiger partial charge in [0.15, 0.2) is 0 Å². The Hall–Kier alpha value is -1.26. The van der Waals surface area contributed by atoms with Gasteiger partial charge in [-0.15, -0.1) is 0 Å². The number of urea groups is 1. The number of amides is 3. The molecule has 1 fully saturated rings. The summed E-state index contributed by atoms with van der Waals surface area (Å²) < 4.78 is 0. The Kier molecular flexibility index (Phi) is 4.15. The molecule has 0 unspecified atom stereocenters. The van der Waals surface area contributed by atoms with Gasteiger partial charge in [0.2, 0.25) is 5.91 Å². The van der Waals surface area contributed by atoms with Crippen LogP contribution in [-0.4, -0.2) is 43.5 Å². The number of rotatable bonds is 3. The summed E-state index contributed by atoms with van der Waals surface area (Å²) in [6.07, 6.45) is 2.15. The van der Waals surface area contributed by atoms with E-state index in [0.29, 0.717) is 6.54 Å². The molecule has 1 aliphatic heterocycles. The quantitative estimate of drug-likeness (QED) is 0.740. The minimum absolute atomic E-state index is 0.0607. The molecule has 0 atom stereocenters. The fourth-order valence-corrected chi connectivity index (χ4v) is 1.75. The molecule has 0 aromatic heterocycles. The van der Waals surface area contributed by atoms with E-state index in [2.05, 4.69) is 10.6 Å². The summed E-state index contributed by atoms with van der Waals surface area (Å²) in [4.78, 5) is 25.0. The third-order valence-electron chi connectivity index (χ3n) is 2.92. The molecule has 0 spiro atoms. The van der Waals surface area contributed by atoms with Gasteiger partial charge in [0, 0.05) is 26.7 Å². The van der Waals surface area contributed by atoms with Crippen molar-refractivity contribution in [3.63, 3.8) is 0 Å². The van der Waals surface area contributed by atoms with E-state index >= 15 is 0 Å². The maximum atomic E-state index is 11.7. The zero-order valence-electron chi connectivity index (χ0n) is 10.3. The van der Waals surface area contributed by atoms with Crippen LogP contribution in [0.3, 0.4) is 0 Å². The lowest BCUT2D eigenvalue weighted by Crippen LogP contribution is -2.47. The van der Waals surface area contributed by atoms with Gasteiger partial charge in [-0.25, -0.2) is 4.79 Å². The van der Waals surface area contributed by atoms with E-state index in [9.17, 15) is 9.59 Å². The van der Waals surface area contributed by atoms with Crippen molar-refractivity contribution < 1.29 is 9.59 Å². The summed E-state index contributed by atoms with van der Waals surface area (Å²) in [5.41, 5.74) is -0.565.